The van der Waals surface area contributed by atoms with Crippen molar-refractivity contribution >= 4 is 33.1 Å². The molecule has 0 spiro atoms. The molecular formula is C13H16N2O2S2. The summed E-state index contributed by atoms with van der Waals surface area (Å²) < 4.78 is 26.2. The lowest BCUT2D eigenvalue weighted by molar-refractivity contribution is 0.469. The molecule has 19 heavy (non-hydrogen) atoms. The van der Waals surface area contributed by atoms with Crippen molar-refractivity contribution in [2.24, 2.45) is 5.41 Å². The Bertz CT molecular complexity index is 811. The van der Waals surface area contributed by atoms with Gasteiger partial charge in [-0.1, -0.05) is 13.0 Å². The standard InChI is InChI=1S/C13H16N2O2S2/c1-13(6-7-13)8-15-9-4-3-5-10(19(2,16)17)11(9)14-12(15)18/h3-5H,6-8H2,1-2H3,(H,14,18). The molecule has 4 nitrogen and oxygen atoms in total. The number of nitrogens with one attached hydrogen (secondary N) is 1. The minimum absolute atomic E-state index is 0.314. The summed E-state index contributed by atoms with van der Waals surface area (Å²) in [5.74, 6) is 0. The lowest BCUT2D eigenvalue weighted by atomic mass is 10.1. The largest absolute Gasteiger partial charge is 0.329 e. The summed E-state index contributed by atoms with van der Waals surface area (Å²) in [4.78, 5) is 3.37. The van der Waals surface area contributed by atoms with E-state index in [1.165, 1.54) is 19.1 Å². The van der Waals surface area contributed by atoms with E-state index in [0.29, 0.717) is 20.6 Å². The lowest BCUT2D eigenvalue weighted by Crippen LogP contribution is -2.07. The number of sulfone groups is 1. The first-order chi connectivity index (χ1) is 8.80. The quantitative estimate of drug-likeness (QED) is 0.886. The molecule has 0 aliphatic heterocycles. The molecule has 102 valence electrons. The molecule has 3 rings (SSSR count). The van der Waals surface area contributed by atoms with Crippen LogP contribution in [-0.4, -0.2) is 24.2 Å². The van der Waals surface area contributed by atoms with Gasteiger partial charge in [0.1, 0.15) is 0 Å². The van der Waals surface area contributed by atoms with Crippen LogP contribution in [0.4, 0.5) is 0 Å². The summed E-state index contributed by atoms with van der Waals surface area (Å²) in [6, 6.07) is 5.31. The van der Waals surface area contributed by atoms with Gasteiger partial charge in [-0.15, -0.1) is 0 Å². The number of benzene rings is 1. The van der Waals surface area contributed by atoms with Crippen LogP contribution in [-0.2, 0) is 16.4 Å². The number of hydrogen-bond donors (Lipinski definition) is 1. The minimum atomic E-state index is -3.25. The second kappa shape index (κ2) is 3.93. The van der Waals surface area contributed by atoms with Crippen molar-refractivity contribution in [3.63, 3.8) is 0 Å². The van der Waals surface area contributed by atoms with Gasteiger partial charge in [-0.3, -0.25) is 0 Å². The van der Waals surface area contributed by atoms with E-state index in [0.717, 1.165) is 12.1 Å². The summed E-state index contributed by atoms with van der Waals surface area (Å²) >= 11 is 5.34. The summed E-state index contributed by atoms with van der Waals surface area (Å²) in [5.41, 5.74) is 1.81. The number of H-pyrrole nitrogens is 1. The number of fused-ring (bicyclic) bond motifs is 1. The van der Waals surface area contributed by atoms with E-state index in [-0.39, 0.29) is 0 Å². The zero-order valence-corrected chi connectivity index (χ0v) is 12.6. The smallest absolute Gasteiger partial charge is 0.178 e. The third-order valence-corrected chi connectivity index (χ3v) is 5.28. The van der Waals surface area contributed by atoms with Crippen LogP contribution in [0.1, 0.15) is 19.8 Å². The number of nitrogens with zero attached hydrogens (tertiary/aromatic N) is 1. The molecular weight excluding hydrogens is 280 g/mol. The molecule has 0 radical (unpaired) electrons. The number of imidazole rings is 1. The zero-order valence-electron chi connectivity index (χ0n) is 10.9. The highest BCUT2D eigenvalue weighted by Crippen LogP contribution is 2.46. The Labute approximate surface area is 117 Å². The highest BCUT2D eigenvalue weighted by Gasteiger charge is 2.38. The molecule has 0 amide bonds. The molecule has 1 heterocycles. The number of aromatic amines is 1. The lowest BCUT2D eigenvalue weighted by Gasteiger charge is -2.10. The van der Waals surface area contributed by atoms with Gasteiger partial charge in [-0.2, -0.15) is 0 Å². The van der Waals surface area contributed by atoms with Gasteiger partial charge in [0.2, 0.25) is 0 Å². The molecule has 0 bridgehead atoms. The van der Waals surface area contributed by atoms with Gasteiger partial charge >= 0.3 is 0 Å². The fourth-order valence-corrected chi connectivity index (χ4v) is 3.49. The van der Waals surface area contributed by atoms with Gasteiger partial charge < -0.3 is 9.55 Å². The van der Waals surface area contributed by atoms with Gasteiger partial charge in [0, 0.05) is 12.8 Å². The molecule has 0 saturated heterocycles. The van der Waals surface area contributed by atoms with E-state index in [4.69, 9.17) is 12.2 Å². The Morgan fingerprint density at radius 2 is 2.11 bits per heavy atom. The normalized spacial score (nSPS) is 17.8. The first-order valence-electron chi connectivity index (χ1n) is 6.22. The van der Waals surface area contributed by atoms with Crippen molar-refractivity contribution in [2.45, 2.75) is 31.2 Å². The first kappa shape index (κ1) is 12.9. The summed E-state index contributed by atoms with van der Waals surface area (Å²) in [7, 11) is -3.25. The van der Waals surface area contributed by atoms with E-state index >= 15 is 0 Å². The average molecular weight is 296 g/mol. The zero-order chi connectivity index (χ0) is 13.8. The van der Waals surface area contributed by atoms with Crippen LogP contribution in [0, 0.1) is 10.2 Å². The molecule has 0 atom stereocenters. The topological polar surface area (TPSA) is 54.9 Å². The van der Waals surface area contributed by atoms with Gasteiger partial charge in [0.25, 0.3) is 0 Å². The fraction of sp³-hybridized carbons (Fsp3) is 0.462. The Balaban J connectivity index is 2.25. The Morgan fingerprint density at radius 3 is 2.68 bits per heavy atom. The van der Waals surface area contributed by atoms with Gasteiger partial charge in [0.05, 0.1) is 15.9 Å². The predicted octanol–water partition coefficient (Wildman–Crippen LogP) is 2.90. The second-order valence-electron chi connectivity index (χ2n) is 5.75. The van der Waals surface area contributed by atoms with Crippen LogP contribution < -0.4 is 0 Å². The number of rotatable bonds is 3. The Kier molecular flexibility index (Phi) is 2.66. The molecule has 1 aromatic carbocycles. The SMILES string of the molecule is CC1(Cn2c(=S)[nH]c3c(S(C)(=O)=O)cccc32)CC1. The third kappa shape index (κ3) is 2.23. The minimum Gasteiger partial charge on any atom is -0.329 e. The fourth-order valence-electron chi connectivity index (χ4n) is 2.37. The van der Waals surface area contributed by atoms with Crippen molar-refractivity contribution in [3.05, 3.63) is 23.0 Å². The van der Waals surface area contributed by atoms with Gasteiger partial charge in [0.15, 0.2) is 14.6 Å². The van der Waals surface area contributed by atoms with E-state index in [1.807, 2.05) is 10.6 Å². The number of hydrogen-bond acceptors (Lipinski definition) is 3. The number of aromatic nitrogens is 2. The Hall–Kier alpha value is -1.14. The van der Waals surface area contributed by atoms with Crippen LogP contribution in [0.3, 0.4) is 0 Å². The Morgan fingerprint density at radius 1 is 1.42 bits per heavy atom. The van der Waals surface area contributed by atoms with Crippen LogP contribution in [0.25, 0.3) is 11.0 Å². The average Bonchev–Trinajstić information content (AvgIpc) is 2.95. The second-order valence-corrected chi connectivity index (χ2v) is 8.12. The summed E-state index contributed by atoms with van der Waals surface area (Å²) in [5, 5.41) is 0. The molecule has 0 unspecified atom stereocenters. The maximum Gasteiger partial charge on any atom is 0.178 e. The molecule has 1 aliphatic carbocycles. The van der Waals surface area contributed by atoms with Crippen molar-refractivity contribution in [3.8, 4) is 0 Å². The van der Waals surface area contributed by atoms with Crippen molar-refractivity contribution in [1.82, 2.24) is 9.55 Å². The molecule has 6 heteroatoms. The van der Waals surface area contributed by atoms with Crippen molar-refractivity contribution < 1.29 is 8.42 Å². The molecule has 1 aromatic heterocycles. The van der Waals surface area contributed by atoms with Crippen LogP contribution in [0.2, 0.25) is 0 Å². The first-order valence-corrected chi connectivity index (χ1v) is 8.52. The van der Waals surface area contributed by atoms with Gasteiger partial charge in [-0.05, 0) is 42.6 Å². The number of para-hydroxylation sites is 1. The van der Waals surface area contributed by atoms with E-state index in [9.17, 15) is 8.42 Å². The van der Waals surface area contributed by atoms with Crippen LogP contribution in [0.15, 0.2) is 23.1 Å². The van der Waals surface area contributed by atoms with E-state index in [1.54, 1.807) is 12.1 Å². The summed E-state index contributed by atoms with van der Waals surface area (Å²) in [6.07, 6.45) is 3.62. The molecule has 1 fully saturated rings. The van der Waals surface area contributed by atoms with E-state index < -0.39 is 9.84 Å². The highest BCUT2D eigenvalue weighted by atomic mass is 32.2. The molecule has 1 saturated carbocycles. The van der Waals surface area contributed by atoms with Crippen LogP contribution >= 0.6 is 12.2 Å². The summed E-state index contributed by atoms with van der Waals surface area (Å²) in [6.45, 7) is 3.08. The highest BCUT2D eigenvalue weighted by molar-refractivity contribution is 7.91. The third-order valence-electron chi connectivity index (χ3n) is 3.81. The van der Waals surface area contributed by atoms with Crippen molar-refractivity contribution in [2.75, 3.05) is 6.26 Å². The monoisotopic (exact) mass is 296 g/mol. The van der Waals surface area contributed by atoms with Gasteiger partial charge in [-0.25, -0.2) is 8.42 Å². The van der Waals surface area contributed by atoms with Crippen LogP contribution in [0.5, 0.6) is 0 Å². The van der Waals surface area contributed by atoms with Crippen molar-refractivity contribution in [1.29, 1.82) is 0 Å². The molecule has 1 aliphatic rings. The maximum absolute atomic E-state index is 11.8. The molecule has 1 N–H and O–H groups in total. The predicted molar refractivity (Wildman–Crippen MR) is 77.6 cm³/mol. The van der Waals surface area contributed by atoms with E-state index in [2.05, 4.69) is 11.9 Å². The maximum atomic E-state index is 11.8. The molecule has 2 aromatic rings.